The zero-order valence-electron chi connectivity index (χ0n) is 17.0. The van der Waals surface area contributed by atoms with Gasteiger partial charge in [-0.1, -0.05) is 35.5 Å². The summed E-state index contributed by atoms with van der Waals surface area (Å²) in [6, 6.07) is 7.29. The molecule has 0 spiro atoms. The molecule has 11 heteroatoms. The van der Waals surface area contributed by atoms with Crippen LogP contribution >= 0.6 is 11.8 Å². The number of carbonyl (C=O) groups excluding carboxylic acids is 3. The fourth-order valence-corrected chi connectivity index (χ4v) is 5.39. The minimum absolute atomic E-state index is 0. The third-order valence-corrected chi connectivity index (χ3v) is 6.66. The Morgan fingerprint density at radius 3 is 2.50 bits per heavy atom. The predicted molar refractivity (Wildman–Crippen MR) is 103 cm³/mol. The second kappa shape index (κ2) is 8.72. The second-order valence-electron chi connectivity index (χ2n) is 7.36. The molecule has 0 aliphatic carbocycles. The summed E-state index contributed by atoms with van der Waals surface area (Å²) in [5, 5.41) is 17.7. The Hall–Kier alpha value is -1.85. The Morgan fingerprint density at radius 2 is 1.90 bits per heavy atom. The van der Waals surface area contributed by atoms with Crippen molar-refractivity contribution in [2.45, 2.75) is 43.0 Å². The molecule has 1 aromatic heterocycles. The van der Waals surface area contributed by atoms with Crippen molar-refractivity contribution < 1.29 is 59.0 Å². The number of nitrogens with one attached hydrogen (secondary N) is 1. The monoisotopic (exact) mass is 441 g/mol. The Labute approximate surface area is 199 Å². The predicted octanol–water partition coefficient (Wildman–Crippen LogP) is -3.26. The number of rotatable bonds is 4. The van der Waals surface area contributed by atoms with E-state index in [1.54, 1.807) is 20.8 Å². The van der Waals surface area contributed by atoms with Crippen LogP contribution in [0.5, 0.6) is 0 Å². The van der Waals surface area contributed by atoms with E-state index in [-0.39, 0.29) is 40.6 Å². The molecule has 1 aromatic carbocycles. The van der Waals surface area contributed by atoms with Crippen LogP contribution in [0, 0.1) is 6.92 Å². The largest absolute Gasteiger partial charge is 1.00 e. The molecule has 0 saturated carbocycles. The summed E-state index contributed by atoms with van der Waals surface area (Å²) in [4.78, 5) is 38.2. The van der Waals surface area contributed by atoms with Crippen LogP contribution in [0.1, 0.15) is 30.0 Å². The Morgan fingerprint density at radius 1 is 1.27 bits per heavy atom. The van der Waals surface area contributed by atoms with Crippen molar-refractivity contribution in [2.24, 2.45) is 0 Å². The molecule has 3 heterocycles. The molecule has 2 aliphatic rings. The van der Waals surface area contributed by atoms with Crippen molar-refractivity contribution in [3.63, 3.8) is 0 Å². The number of carboxylic acids is 1. The van der Waals surface area contributed by atoms with Gasteiger partial charge in [-0.3, -0.25) is 9.59 Å². The quantitative estimate of drug-likeness (QED) is 0.387. The van der Waals surface area contributed by atoms with Gasteiger partial charge in [-0.2, -0.15) is 0 Å². The average molecular weight is 441 g/mol. The molecular formula is C19H20N3NaO6S. The number of thioether (sulfide) groups is 1. The second-order valence-corrected chi connectivity index (χ2v) is 9.13. The molecule has 30 heavy (non-hydrogen) atoms. The number of fused-ring (bicyclic) bond motifs is 1. The molecule has 2 saturated heterocycles. The van der Waals surface area contributed by atoms with Crippen LogP contribution in [-0.4, -0.2) is 55.5 Å². The first kappa shape index (κ1) is 24.4. The molecular weight excluding hydrogens is 421 g/mol. The summed E-state index contributed by atoms with van der Waals surface area (Å²) in [6.07, 6.45) is 0. The summed E-state index contributed by atoms with van der Waals surface area (Å²) < 4.78 is 4.49. The van der Waals surface area contributed by atoms with Crippen molar-refractivity contribution >= 4 is 29.5 Å². The molecule has 4 rings (SSSR count). The van der Waals surface area contributed by atoms with Crippen molar-refractivity contribution in [1.82, 2.24) is 15.4 Å². The fourth-order valence-electron chi connectivity index (χ4n) is 3.77. The number of aromatic nitrogens is 1. The van der Waals surface area contributed by atoms with Gasteiger partial charge >= 0.3 is 29.6 Å². The number of carbonyl (C=O) groups is 3. The van der Waals surface area contributed by atoms with Crippen molar-refractivity contribution in [1.29, 1.82) is 0 Å². The Balaban J connectivity index is 0.00000160. The standard InChI is InChI=1S/C19H19N3O5S.Na.H2O/c1-9-11(12(21-27-9)10-7-5-4-6-8-10)15(23)20-13-16(24)22-14(18(25)26)19(2,3)28-17(13)22;;/h4-8,13-14,17H,1-3H3,(H,20,23)(H,25,26);;1H2/q;+1;/p-1/t13-,14+,17-;;/m1../s1. The van der Waals surface area contributed by atoms with Gasteiger partial charge in [0, 0.05) is 10.3 Å². The first-order valence-electron chi connectivity index (χ1n) is 8.76. The summed E-state index contributed by atoms with van der Waals surface area (Å²) in [6.45, 7) is 5.13. The zero-order valence-corrected chi connectivity index (χ0v) is 19.8. The normalized spacial score (nSPS) is 23.5. The molecule has 154 valence electrons. The van der Waals surface area contributed by atoms with Gasteiger partial charge in [-0.15, -0.1) is 11.8 Å². The van der Waals surface area contributed by atoms with E-state index in [9.17, 15) is 19.5 Å². The SMILES string of the molecule is Cc1onc(-c2ccccc2)c1C(=O)N[C@@H]1C(=O)N2[C@@H]1SC(C)(C)[C@@H]2C(=O)[O-].O.[Na+]. The third-order valence-electron chi connectivity index (χ3n) is 5.09. The van der Waals surface area contributed by atoms with E-state index in [0.29, 0.717) is 11.5 Å². The molecule has 0 radical (unpaired) electrons. The number of aryl methyl sites for hydroxylation is 1. The molecule has 2 aliphatic heterocycles. The smallest absolute Gasteiger partial charge is 0.548 e. The van der Waals surface area contributed by atoms with Crippen LogP contribution in [0.2, 0.25) is 0 Å². The molecule has 3 atom stereocenters. The van der Waals surface area contributed by atoms with Gasteiger partial charge in [-0.05, 0) is 20.8 Å². The molecule has 9 nitrogen and oxygen atoms in total. The van der Waals surface area contributed by atoms with Gasteiger partial charge in [-0.25, -0.2) is 0 Å². The van der Waals surface area contributed by atoms with Gasteiger partial charge in [0.1, 0.15) is 28.4 Å². The number of β-lactam (4-membered cyclic amide) rings is 1. The fraction of sp³-hybridized carbons (Fsp3) is 0.368. The molecule has 3 N–H and O–H groups in total. The summed E-state index contributed by atoms with van der Waals surface area (Å²) in [5.41, 5.74) is 1.38. The molecule has 2 amide bonds. The molecule has 0 unspecified atom stereocenters. The van der Waals surface area contributed by atoms with Crippen molar-refractivity contribution in [2.75, 3.05) is 0 Å². The number of aliphatic carboxylic acids is 1. The van der Waals surface area contributed by atoms with Gasteiger partial charge in [0.25, 0.3) is 5.91 Å². The molecule has 2 fully saturated rings. The van der Waals surface area contributed by atoms with E-state index < -0.39 is 40.0 Å². The van der Waals surface area contributed by atoms with E-state index >= 15 is 0 Å². The number of hydrogen-bond acceptors (Lipinski definition) is 7. The van der Waals surface area contributed by atoms with Gasteiger partial charge in [0.2, 0.25) is 5.91 Å². The number of hydrogen-bond donors (Lipinski definition) is 1. The summed E-state index contributed by atoms with van der Waals surface area (Å²) in [7, 11) is 0. The van der Waals surface area contributed by atoms with Gasteiger partial charge in [0.15, 0.2) is 0 Å². The summed E-state index contributed by atoms with van der Waals surface area (Å²) in [5.74, 6) is -1.86. The van der Waals surface area contributed by atoms with Crippen LogP contribution in [0.25, 0.3) is 11.3 Å². The van der Waals surface area contributed by atoms with Crippen LogP contribution < -0.4 is 40.0 Å². The molecule has 0 bridgehead atoms. The average Bonchev–Trinajstić information content (AvgIpc) is 3.15. The first-order chi connectivity index (χ1) is 13.2. The van der Waals surface area contributed by atoms with Crippen molar-refractivity contribution in [3.05, 3.63) is 41.7 Å². The number of carboxylic acid groups (broad SMARTS) is 1. The van der Waals surface area contributed by atoms with E-state index in [4.69, 9.17) is 4.52 Å². The maximum Gasteiger partial charge on any atom is 1.00 e. The van der Waals surface area contributed by atoms with Crippen LogP contribution in [0.15, 0.2) is 34.9 Å². The van der Waals surface area contributed by atoms with Crippen LogP contribution in [0.3, 0.4) is 0 Å². The number of benzene rings is 1. The van der Waals surface area contributed by atoms with Crippen LogP contribution in [-0.2, 0) is 9.59 Å². The van der Waals surface area contributed by atoms with Crippen LogP contribution in [0.4, 0.5) is 0 Å². The van der Waals surface area contributed by atoms with E-state index in [0.717, 1.165) is 5.56 Å². The van der Waals surface area contributed by atoms with Gasteiger partial charge < -0.3 is 30.1 Å². The van der Waals surface area contributed by atoms with E-state index in [1.165, 1.54) is 16.7 Å². The molecule has 2 aromatic rings. The Bertz CT molecular complexity index is 980. The van der Waals surface area contributed by atoms with Gasteiger partial charge in [0.05, 0.1) is 12.0 Å². The van der Waals surface area contributed by atoms with Crippen molar-refractivity contribution in [3.8, 4) is 11.3 Å². The number of amides is 2. The maximum absolute atomic E-state index is 12.9. The van der Waals surface area contributed by atoms with E-state index in [1.807, 2.05) is 30.3 Å². The van der Waals surface area contributed by atoms with E-state index in [2.05, 4.69) is 10.5 Å². The maximum atomic E-state index is 12.9. The topological polar surface area (TPSA) is 147 Å². The summed E-state index contributed by atoms with van der Waals surface area (Å²) >= 11 is 1.34. The zero-order chi connectivity index (χ0) is 20.2. The minimum Gasteiger partial charge on any atom is -0.548 e. The first-order valence-corrected chi connectivity index (χ1v) is 9.64. The Kier molecular flexibility index (Phi) is 7.10. The third kappa shape index (κ3) is 3.78. The minimum atomic E-state index is -1.29. The number of nitrogens with zero attached hydrogens (tertiary/aromatic N) is 2.